The van der Waals surface area contributed by atoms with Crippen molar-refractivity contribution in [3.8, 4) is 0 Å². The average molecular weight is 232 g/mol. The van der Waals surface area contributed by atoms with Crippen molar-refractivity contribution < 1.29 is 24.1 Å². The molecule has 5 heteroatoms. The van der Waals surface area contributed by atoms with Crippen LogP contribution < -0.4 is 0 Å². The highest BCUT2D eigenvalue weighted by Crippen LogP contribution is 2.34. The first-order valence-corrected chi connectivity index (χ1v) is 5.70. The van der Waals surface area contributed by atoms with E-state index in [1.165, 1.54) is 0 Å². The van der Waals surface area contributed by atoms with E-state index in [0.717, 1.165) is 0 Å². The molecule has 0 bridgehead atoms. The summed E-state index contributed by atoms with van der Waals surface area (Å²) in [6.45, 7) is 7.96. The second-order valence-electron chi connectivity index (χ2n) is 5.01. The maximum atomic E-state index is 9.76. The zero-order chi connectivity index (χ0) is 11.9. The number of fused-ring (bicyclic) bond motifs is 1. The van der Waals surface area contributed by atoms with Gasteiger partial charge in [-0.25, -0.2) is 0 Å². The Morgan fingerprint density at radius 1 is 1.38 bits per heavy atom. The first kappa shape index (κ1) is 12.3. The second-order valence-corrected chi connectivity index (χ2v) is 5.01. The van der Waals surface area contributed by atoms with E-state index >= 15 is 0 Å². The minimum atomic E-state index is -0.935. The molecule has 0 aromatic heterocycles. The normalized spacial score (nSPS) is 42.4. The van der Waals surface area contributed by atoms with Gasteiger partial charge in [-0.15, -0.1) is 0 Å². The predicted octanol–water partition coefficient (Wildman–Crippen LogP) is 0.649. The SMILES string of the molecule is CC(C)O[C@@H]1[C@H]2OC(C)(C)OC[C@H]2O[C@@H]1O. The third-order valence-corrected chi connectivity index (χ3v) is 2.73. The molecule has 0 aromatic carbocycles. The number of aliphatic hydroxyl groups excluding tert-OH is 1. The number of rotatable bonds is 2. The molecule has 4 atom stereocenters. The molecule has 94 valence electrons. The molecule has 0 spiro atoms. The van der Waals surface area contributed by atoms with Gasteiger partial charge >= 0.3 is 0 Å². The van der Waals surface area contributed by atoms with Crippen LogP contribution in [0.15, 0.2) is 0 Å². The van der Waals surface area contributed by atoms with E-state index < -0.39 is 18.2 Å². The highest BCUT2D eigenvalue weighted by atomic mass is 16.8. The molecule has 5 nitrogen and oxygen atoms in total. The Hall–Kier alpha value is -0.200. The van der Waals surface area contributed by atoms with Gasteiger partial charge in [-0.2, -0.15) is 0 Å². The third kappa shape index (κ3) is 2.38. The molecule has 0 aromatic rings. The van der Waals surface area contributed by atoms with Crippen LogP contribution in [-0.4, -0.2) is 48.2 Å². The number of hydrogen-bond acceptors (Lipinski definition) is 5. The molecule has 2 rings (SSSR count). The first-order valence-electron chi connectivity index (χ1n) is 5.70. The molecule has 0 radical (unpaired) electrons. The van der Waals surface area contributed by atoms with E-state index in [1.54, 1.807) is 0 Å². The van der Waals surface area contributed by atoms with Crippen molar-refractivity contribution in [3.05, 3.63) is 0 Å². The van der Waals surface area contributed by atoms with Crippen LogP contribution in [-0.2, 0) is 18.9 Å². The van der Waals surface area contributed by atoms with Crippen LogP contribution in [0.4, 0.5) is 0 Å². The summed E-state index contributed by atoms with van der Waals surface area (Å²) in [4.78, 5) is 0. The Kier molecular flexibility index (Phi) is 3.25. The van der Waals surface area contributed by atoms with Gasteiger partial charge in [0.1, 0.15) is 18.3 Å². The third-order valence-electron chi connectivity index (χ3n) is 2.73. The van der Waals surface area contributed by atoms with Gasteiger partial charge < -0.3 is 24.1 Å². The molecular formula is C11H20O5. The Balaban J connectivity index is 2.07. The summed E-state index contributed by atoms with van der Waals surface area (Å²) in [5.41, 5.74) is 0. The highest BCUT2D eigenvalue weighted by molar-refractivity contribution is 4.92. The van der Waals surface area contributed by atoms with E-state index in [0.29, 0.717) is 6.61 Å². The Bertz CT molecular complexity index is 253. The van der Waals surface area contributed by atoms with Crippen LogP contribution in [0.25, 0.3) is 0 Å². The van der Waals surface area contributed by atoms with Gasteiger partial charge in [0.2, 0.25) is 0 Å². The van der Waals surface area contributed by atoms with E-state index in [-0.39, 0.29) is 18.3 Å². The summed E-state index contributed by atoms with van der Waals surface area (Å²) in [6.07, 6.45) is -1.85. The van der Waals surface area contributed by atoms with Crippen LogP contribution in [0, 0.1) is 0 Å². The lowest BCUT2D eigenvalue weighted by molar-refractivity contribution is -0.303. The van der Waals surface area contributed by atoms with Crippen LogP contribution in [0.1, 0.15) is 27.7 Å². The minimum Gasteiger partial charge on any atom is -0.367 e. The van der Waals surface area contributed by atoms with Gasteiger partial charge in [-0.05, 0) is 27.7 Å². The Morgan fingerprint density at radius 2 is 2.06 bits per heavy atom. The topological polar surface area (TPSA) is 57.2 Å². The van der Waals surface area contributed by atoms with E-state index in [4.69, 9.17) is 18.9 Å². The lowest BCUT2D eigenvalue weighted by atomic mass is 10.1. The van der Waals surface area contributed by atoms with Crippen molar-refractivity contribution in [1.29, 1.82) is 0 Å². The molecule has 0 amide bonds. The van der Waals surface area contributed by atoms with Crippen molar-refractivity contribution in [1.82, 2.24) is 0 Å². The monoisotopic (exact) mass is 232 g/mol. The van der Waals surface area contributed by atoms with Gasteiger partial charge in [-0.3, -0.25) is 0 Å². The van der Waals surface area contributed by atoms with Gasteiger partial charge in [0.25, 0.3) is 0 Å². The average Bonchev–Trinajstić information content (AvgIpc) is 2.42. The summed E-state index contributed by atoms with van der Waals surface area (Å²) in [5, 5.41) is 9.76. The van der Waals surface area contributed by atoms with Gasteiger partial charge in [0.05, 0.1) is 12.7 Å². The van der Waals surface area contributed by atoms with E-state index in [1.807, 2.05) is 27.7 Å². The van der Waals surface area contributed by atoms with Crippen molar-refractivity contribution in [2.24, 2.45) is 0 Å². The van der Waals surface area contributed by atoms with Gasteiger partial charge in [-0.1, -0.05) is 0 Å². The maximum Gasteiger partial charge on any atom is 0.184 e. The highest BCUT2D eigenvalue weighted by Gasteiger charge is 2.51. The molecule has 2 saturated heterocycles. The fourth-order valence-corrected chi connectivity index (χ4v) is 2.09. The second kappa shape index (κ2) is 4.23. The zero-order valence-electron chi connectivity index (χ0n) is 10.2. The van der Waals surface area contributed by atoms with Gasteiger partial charge in [0, 0.05) is 0 Å². The summed E-state index contributed by atoms with van der Waals surface area (Å²) >= 11 is 0. The quantitative estimate of drug-likeness (QED) is 0.757. The maximum absolute atomic E-state index is 9.76. The lowest BCUT2D eigenvalue weighted by Gasteiger charge is -2.38. The van der Waals surface area contributed by atoms with Crippen LogP contribution in [0.2, 0.25) is 0 Å². The van der Waals surface area contributed by atoms with E-state index in [9.17, 15) is 5.11 Å². The first-order chi connectivity index (χ1) is 7.39. The fourth-order valence-electron chi connectivity index (χ4n) is 2.09. The van der Waals surface area contributed by atoms with Crippen molar-refractivity contribution in [2.75, 3.05) is 6.61 Å². The van der Waals surface area contributed by atoms with Crippen molar-refractivity contribution in [2.45, 2.75) is 64.2 Å². The molecule has 0 aliphatic carbocycles. The predicted molar refractivity (Wildman–Crippen MR) is 55.8 cm³/mol. The van der Waals surface area contributed by atoms with Crippen molar-refractivity contribution >= 4 is 0 Å². The molecule has 1 N–H and O–H groups in total. The molecule has 2 heterocycles. The summed E-state index contributed by atoms with van der Waals surface area (Å²) in [5.74, 6) is -0.646. The summed E-state index contributed by atoms with van der Waals surface area (Å²) in [6, 6.07) is 0. The Labute approximate surface area is 95.6 Å². The minimum absolute atomic E-state index is 0.0246. The molecule has 0 unspecified atom stereocenters. The smallest absolute Gasteiger partial charge is 0.184 e. The number of ether oxygens (including phenoxy) is 4. The Morgan fingerprint density at radius 3 is 2.69 bits per heavy atom. The summed E-state index contributed by atoms with van der Waals surface area (Å²) < 4.78 is 22.2. The molecule has 0 saturated carbocycles. The largest absolute Gasteiger partial charge is 0.367 e. The van der Waals surface area contributed by atoms with Crippen LogP contribution in [0.5, 0.6) is 0 Å². The molecule has 2 aliphatic rings. The molecule has 16 heavy (non-hydrogen) atoms. The lowest BCUT2D eigenvalue weighted by Crippen LogP contribution is -2.51. The molecule has 2 fully saturated rings. The molecular weight excluding hydrogens is 212 g/mol. The molecule has 2 aliphatic heterocycles. The summed E-state index contributed by atoms with van der Waals surface area (Å²) in [7, 11) is 0. The van der Waals surface area contributed by atoms with E-state index in [2.05, 4.69) is 0 Å². The van der Waals surface area contributed by atoms with Crippen LogP contribution in [0.3, 0.4) is 0 Å². The number of hydrogen-bond donors (Lipinski definition) is 1. The zero-order valence-corrected chi connectivity index (χ0v) is 10.2. The standard InChI is InChI=1S/C11H20O5/c1-6(2)14-9-8-7(15-10(9)12)5-13-11(3,4)16-8/h6-10,12H,5H2,1-4H3/t7-,8+,9-,10+/m1/s1. The fraction of sp³-hybridized carbons (Fsp3) is 1.00. The number of aliphatic hydroxyl groups is 1. The van der Waals surface area contributed by atoms with Crippen LogP contribution >= 0.6 is 0 Å². The van der Waals surface area contributed by atoms with Crippen molar-refractivity contribution in [3.63, 3.8) is 0 Å². The van der Waals surface area contributed by atoms with Gasteiger partial charge in [0.15, 0.2) is 12.1 Å².